The maximum absolute atomic E-state index is 12.7. The summed E-state index contributed by atoms with van der Waals surface area (Å²) >= 11 is 0. The van der Waals surface area contributed by atoms with Crippen LogP contribution >= 0.6 is 0 Å². The Labute approximate surface area is 174 Å². The number of amides is 2. The van der Waals surface area contributed by atoms with Gasteiger partial charge in [0, 0.05) is 23.1 Å². The number of carbonyl (C=O) groups excluding carboxylic acids is 2. The van der Waals surface area contributed by atoms with Gasteiger partial charge in [0.2, 0.25) is 0 Å². The molecule has 30 heavy (non-hydrogen) atoms. The minimum Gasteiger partial charge on any atom is -0.457 e. The molecule has 7 nitrogen and oxygen atoms in total. The van der Waals surface area contributed by atoms with Gasteiger partial charge in [-0.2, -0.15) is 0 Å². The highest BCUT2D eigenvalue weighted by Gasteiger charge is 2.16. The number of ether oxygens (including phenoxy) is 1. The highest BCUT2D eigenvalue weighted by molar-refractivity contribution is 6.00. The van der Waals surface area contributed by atoms with E-state index in [0.29, 0.717) is 22.2 Å². The van der Waals surface area contributed by atoms with Gasteiger partial charge in [-0.3, -0.25) is 0 Å². The Hall–Kier alpha value is -3.61. The number of nitrogens with one attached hydrogen (secondary N) is 2. The summed E-state index contributed by atoms with van der Waals surface area (Å²) in [5, 5.41) is 6.07. The van der Waals surface area contributed by atoms with Gasteiger partial charge in [0.1, 0.15) is 12.2 Å². The number of esters is 1. The number of rotatable bonds is 6. The van der Waals surface area contributed by atoms with E-state index in [9.17, 15) is 14.4 Å². The number of carbonyl (C=O) groups is 2. The first kappa shape index (κ1) is 21.1. The fraction of sp³-hybridized carbons (Fsp3) is 0.261. The summed E-state index contributed by atoms with van der Waals surface area (Å²) in [6, 6.07) is 13.1. The third kappa shape index (κ3) is 5.05. The number of para-hydroxylation sites is 1. The fourth-order valence-corrected chi connectivity index (χ4v) is 3.03. The van der Waals surface area contributed by atoms with Crippen molar-refractivity contribution in [2.24, 2.45) is 0 Å². The summed E-state index contributed by atoms with van der Waals surface area (Å²) in [6.07, 6.45) is 0.813. The van der Waals surface area contributed by atoms with E-state index >= 15 is 0 Å². The van der Waals surface area contributed by atoms with Crippen molar-refractivity contribution in [2.75, 3.05) is 5.32 Å². The normalized spacial score (nSPS) is 10.8. The Morgan fingerprint density at radius 2 is 1.87 bits per heavy atom. The first-order valence-electron chi connectivity index (χ1n) is 9.76. The van der Waals surface area contributed by atoms with Crippen molar-refractivity contribution in [1.29, 1.82) is 0 Å². The van der Waals surface area contributed by atoms with Crippen LogP contribution < -0.4 is 16.3 Å². The Morgan fingerprint density at radius 3 is 2.60 bits per heavy atom. The molecular weight excluding hydrogens is 384 g/mol. The third-order valence-corrected chi connectivity index (χ3v) is 4.48. The monoisotopic (exact) mass is 408 g/mol. The molecule has 1 heterocycles. The topological polar surface area (TPSA) is 97.6 Å². The Kier molecular flexibility index (Phi) is 6.51. The van der Waals surface area contributed by atoms with Gasteiger partial charge >= 0.3 is 17.6 Å². The highest BCUT2D eigenvalue weighted by Crippen LogP contribution is 2.21. The Bertz CT molecular complexity index is 1130. The number of benzene rings is 2. The van der Waals surface area contributed by atoms with Gasteiger partial charge in [0.25, 0.3) is 0 Å². The van der Waals surface area contributed by atoms with Crippen LogP contribution in [0.2, 0.25) is 0 Å². The predicted octanol–water partition coefficient (Wildman–Crippen LogP) is 4.24. The van der Waals surface area contributed by atoms with Gasteiger partial charge in [0.05, 0.1) is 11.3 Å². The maximum atomic E-state index is 12.7. The van der Waals surface area contributed by atoms with Crippen LogP contribution in [0.3, 0.4) is 0 Å². The molecule has 0 fully saturated rings. The van der Waals surface area contributed by atoms with Crippen molar-refractivity contribution in [3.05, 3.63) is 75.6 Å². The minimum absolute atomic E-state index is 0.0459. The lowest BCUT2D eigenvalue weighted by Crippen LogP contribution is -2.34. The molecule has 156 valence electrons. The molecule has 2 amide bonds. The van der Waals surface area contributed by atoms with Gasteiger partial charge in [-0.15, -0.1) is 0 Å². The van der Waals surface area contributed by atoms with Crippen LogP contribution in [0.25, 0.3) is 11.0 Å². The van der Waals surface area contributed by atoms with E-state index < -0.39 is 17.6 Å². The molecular formula is C23H24N2O5. The van der Waals surface area contributed by atoms with E-state index in [-0.39, 0.29) is 18.2 Å². The van der Waals surface area contributed by atoms with Crippen molar-refractivity contribution >= 4 is 28.7 Å². The Balaban J connectivity index is 1.80. The largest absolute Gasteiger partial charge is 0.457 e. The van der Waals surface area contributed by atoms with Crippen LogP contribution in [-0.2, 0) is 17.8 Å². The van der Waals surface area contributed by atoms with Crippen LogP contribution in [0.5, 0.6) is 0 Å². The number of fused-ring (bicyclic) bond motifs is 1. The second-order valence-electron chi connectivity index (χ2n) is 7.15. The predicted molar refractivity (Wildman–Crippen MR) is 115 cm³/mol. The van der Waals surface area contributed by atoms with Crippen LogP contribution in [0.15, 0.2) is 57.7 Å². The van der Waals surface area contributed by atoms with E-state index in [1.54, 1.807) is 24.3 Å². The first-order chi connectivity index (χ1) is 14.4. The lowest BCUT2D eigenvalue weighted by Gasteiger charge is -2.13. The van der Waals surface area contributed by atoms with Gasteiger partial charge in [0.15, 0.2) is 0 Å². The summed E-state index contributed by atoms with van der Waals surface area (Å²) in [7, 11) is 0. The van der Waals surface area contributed by atoms with Gasteiger partial charge in [-0.1, -0.05) is 31.2 Å². The Morgan fingerprint density at radius 1 is 1.10 bits per heavy atom. The highest BCUT2D eigenvalue weighted by atomic mass is 16.5. The van der Waals surface area contributed by atoms with E-state index in [1.807, 2.05) is 39.0 Å². The molecule has 0 saturated heterocycles. The number of hydrogen-bond donors (Lipinski definition) is 2. The standard InChI is InChI=1S/C23H24N2O5/c1-4-15-9-10-17-16(12-21(26)30-20(17)11-15)13-29-22(27)18-7-5-6-8-19(18)25-23(28)24-14(2)3/h5-12,14H,4,13H2,1-3H3,(H2,24,25,28). The average molecular weight is 408 g/mol. The molecule has 7 heteroatoms. The number of aryl methyl sites for hydroxylation is 1. The molecule has 0 spiro atoms. The molecule has 1 aromatic heterocycles. The van der Waals surface area contributed by atoms with E-state index in [0.717, 1.165) is 12.0 Å². The SMILES string of the molecule is CCc1ccc2c(COC(=O)c3ccccc3NC(=O)NC(C)C)cc(=O)oc2c1. The zero-order valence-corrected chi connectivity index (χ0v) is 17.2. The molecule has 2 N–H and O–H groups in total. The summed E-state index contributed by atoms with van der Waals surface area (Å²) < 4.78 is 10.7. The van der Waals surface area contributed by atoms with Crippen LogP contribution in [0.4, 0.5) is 10.5 Å². The second-order valence-corrected chi connectivity index (χ2v) is 7.15. The van der Waals surface area contributed by atoms with Gasteiger partial charge in [-0.05, 0) is 44.0 Å². The fourth-order valence-electron chi connectivity index (χ4n) is 3.03. The molecule has 0 aliphatic heterocycles. The van der Waals surface area contributed by atoms with Crippen LogP contribution in [0, 0.1) is 0 Å². The molecule has 0 aliphatic rings. The van der Waals surface area contributed by atoms with Crippen LogP contribution in [0.1, 0.15) is 42.3 Å². The summed E-state index contributed by atoms with van der Waals surface area (Å²) in [4.78, 5) is 36.6. The smallest absolute Gasteiger partial charge is 0.340 e. The van der Waals surface area contributed by atoms with Crippen LogP contribution in [-0.4, -0.2) is 18.0 Å². The third-order valence-electron chi connectivity index (χ3n) is 4.48. The van der Waals surface area contributed by atoms with Crippen molar-refractivity contribution in [2.45, 2.75) is 39.8 Å². The van der Waals surface area contributed by atoms with Crippen molar-refractivity contribution in [3.63, 3.8) is 0 Å². The minimum atomic E-state index is -0.609. The van der Waals surface area contributed by atoms with E-state index in [1.165, 1.54) is 6.07 Å². The summed E-state index contributed by atoms with van der Waals surface area (Å²) in [6.45, 7) is 5.59. The van der Waals surface area contributed by atoms with Crippen molar-refractivity contribution in [1.82, 2.24) is 5.32 Å². The lowest BCUT2D eigenvalue weighted by molar-refractivity contribution is 0.0475. The quantitative estimate of drug-likeness (QED) is 0.470. The number of anilines is 1. The zero-order valence-electron chi connectivity index (χ0n) is 17.2. The molecule has 0 bridgehead atoms. The molecule has 0 aliphatic carbocycles. The maximum Gasteiger partial charge on any atom is 0.340 e. The van der Waals surface area contributed by atoms with E-state index in [2.05, 4.69) is 10.6 Å². The second kappa shape index (κ2) is 9.26. The molecule has 3 aromatic rings. The lowest BCUT2D eigenvalue weighted by atomic mass is 10.1. The zero-order chi connectivity index (χ0) is 21.7. The van der Waals surface area contributed by atoms with Gasteiger partial charge < -0.3 is 19.8 Å². The molecule has 0 radical (unpaired) electrons. The molecule has 0 saturated carbocycles. The van der Waals surface area contributed by atoms with Gasteiger partial charge in [-0.25, -0.2) is 14.4 Å². The number of urea groups is 1. The molecule has 2 aromatic carbocycles. The van der Waals surface area contributed by atoms with Crippen molar-refractivity contribution in [3.8, 4) is 0 Å². The molecule has 0 atom stereocenters. The average Bonchev–Trinajstić information content (AvgIpc) is 2.70. The van der Waals surface area contributed by atoms with E-state index in [4.69, 9.17) is 9.15 Å². The summed E-state index contributed by atoms with van der Waals surface area (Å²) in [5.74, 6) is -0.609. The summed E-state index contributed by atoms with van der Waals surface area (Å²) in [5.41, 5.74) is 2.11. The number of hydrogen-bond acceptors (Lipinski definition) is 5. The molecule has 0 unspecified atom stereocenters. The molecule has 3 rings (SSSR count). The first-order valence-corrected chi connectivity index (χ1v) is 9.76. The van der Waals surface area contributed by atoms with Crippen molar-refractivity contribution < 1.29 is 18.7 Å².